The van der Waals surface area contributed by atoms with Crippen molar-refractivity contribution in [2.45, 2.75) is 20.3 Å². The van der Waals surface area contributed by atoms with E-state index >= 15 is 0 Å². The van der Waals surface area contributed by atoms with Gasteiger partial charge in [0.05, 0.1) is 19.8 Å². The molecule has 0 fully saturated rings. The zero-order valence-corrected chi connectivity index (χ0v) is 17.2. The molecule has 0 aliphatic carbocycles. The quantitative estimate of drug-likeness (QED) is 0.234. The van der Waals surface area contributed by atoms with Gasteiger partial charge >= 0.3 is 0 Å². The van der Waals surface area contributed by atoms with Crippen LogP contribution in [0.5, 0.6) is 5.75 Å². The first-order chi connectivity index (χ1) is 11.3. The first-order valence-electron chi connectivity index (χ1n) is 8.15. The fraction of sp³-hybridized carbons (Fsp3) is 0.588. The van der Waals surface area contributed by atoms with Gasteiger partial charge in [-0.2, -0.15) is 0 Å². The minimum atomic E-state index is 0. The van der Waals surface area contributed by atoms with Gasteiger partial charge in [0.15, 0.2) is 5.96 Å². The lowest BCUT2D eigenvalue weighted by atomic mass is 10.3. The summed E-state index contributed by atoms with van der Waals surface area (Å²) in [6, 6.07) is 7.84. The van der Waals surface area contributed by atoms with Crippen LogP contribution < -0.4 is 15.4 Å². The number of methoxy groups -OCH3 is 1. The Bertz CT molecular complexity index is 458. The lowest BCUT2D eigenvalue weighted by molar-refractivity contribution is 0.156. The van der Waals surface area contributed by atoms with Gasteiger partial charge in [0, 0.05) is 45.0 Å². The molecular weight excluding hydrogens is 421 g/mol. The third kappa shape index (κ3) is 10.7. The molecule has 24 heavy (non-hydrogen) atoms. The molecule has 6 nitrogen and oxygen atoms in total. The Kier molecular flexibility index (Phi) is 14.8. The van der Waals surface area contributed by atoms with Gasteiger partial charge in [-0.15, -0.1) is 24.0 Å². The molecule has 0 aromatic heterocycles. The van der Waals surface area contributed by atoms with E-state index in [4.69, 9.17) is 14.2 Å². The zero-order valence-electron chi connectivity index (χ0n) is 14.8. The second-order valence-electron chi connectivity index (χ2n) is 4.81. The van der Waals surface area contributed by atoms with Crippen molar-refractivity contribution < 1.29 is 14.2 Å². The van der Waals surface area contributed by atoms with Crippen molar-refractivity contribution in [1.29, 1.82) is 0 Å². The first kappa shape index (κ1) is 22.9. The van der Waals surface area contributed by atoms with Crippen LogP contribution in [-0.4, -0.2) is 52.6 Å². The van der Waals surface area contributed by atoms with Gasteiger partial charge in [-0.1, -0.05) is 6.07 Å². The third-order valence-corrected chi connectivity index (χ3v) is 2.91. The third-order valence-electron chi connectivity index (χ3n) is 2.91. The van der Waals surface area contributed by atoms with Crippen molar-refractivity contribution in [1.82, 2.24) is 5.32 Å². The lowest BCUT2D eigenvalue weighted by Gasteiger charge is -2.13. The number of ether oxygens (including phenoxy) is 3. The van der Waals surface area contributed by atoms with E-state index in [1.807, 2.05) is 38.1 Å². The monoisotopic (exact) mass is 451 g/mol. The number of benzene rings is 1. The maximum Gasteiger partial charge on any atom is 0.195 e. The summed E-state index contributed by atoms with van der Waals surface area (Å²) in [6.07, 6.45) is 0.871. The lowest BCUT2D eigenvalue weighted by Crippen LogP contribution is -2.31. The van der Waals surface area contributed by atoms with Gasteiger partial charge < -0.3 is 24.8 Å². The van der Waals surface area contributed by atoms with E-state index < -0.39 is 0 Å². The van der Waals surface area contributed by atoms with E-state index in [-0.39, 0.29) is 24.0 Å². The number of hydrogen-bond donors (Lipinski definition) is 2. The van der Waals surface area contributed by atoms with Crippen LogP contribution >= 0.6 is 24.0 Å². The van der Waals surface area contributed by atoms with Crippen molar-refractivity contribution in [2.75, 3.05) is 51.9 Å². The Balaban J connectivity index is 0.00000529. The smallest absolute Gasteiger partial charge is 0.195 e. The van der Waals surface area contributed by atoms with Crippen molar-refractivity contribution in [3.8, 4) is 5.75 Å². The van der Waals surface area contributed by atoms with E-state index in [9.17, 15) is 0 Å². The van der Waals surface area contributed by atoms with Gasteiger partial charge in [-0.3, -0.25) is 4.99 Å². The van der Waals surface area contributed by atoms with Gasteiger partial charge in [0.2, 0.25) is 0 Å². The number of guanidine groups is 1. The summed E-state index contributed by atoms with van der Waals surface area (Å²) in [4.78, 5) is 4.47. The molecule has 0 radical (unpaired) electrons. The maximum atomic E-state index is 5.70. The number of hydrogen-bond acceptors (Lipinski definition) is 4. The zero-order chi connectivity index (χ0) is 16.8. The molecule has 1 rings (SSSR count). The molecule has 0 saturated heterocycles. The molecule has 0 saturated carbocycles. The average Bonchev–Trinajstić information content (AvgIpc) is 2.56. The van der Waals surface area contributed by atoms with Crippen LogP contribution in [0.25, 0.3) is 0 Å². The van der Waals surface area contributed by atoms with Crippen LogP contribution in [0.1, 0.15) is 20.3 Å². The van der Waals surface area contributed by atoms with E-state index in [1.54, 1.807) is 7.11 Å². The summed E-state index contributed by atoms with van der Waals surface area (Å²) in [5, 5.41) is 6.49. The van der Waals surface area contributed by atoms with E-state index in [2.05, 4.69) is 15.6 Å². The number of nitrogens with one attached hydrogen (secondary N) is 2. The molecule has 0 bridgehead atoms. The molecule has 7 heteroatoms. The SMILES string of the molecule is CCNC(=NCCOCC)Nc1cccc(OCCCOC)c1.I. The molecule has 138 valence electrons. The highest BCUT2D eigenvalue weighted by atomic mass is 127. The highest BCUT2D eigenvalue weighted by Crippen LogP contribution is 2.17. The standard InChI is InChI=1S/C17H29N3O3.HI/c1-4-18-17(19-10-13-22-5-2)20-15-8-6-9-16(14-15)23-12-7-11-21-3;/h6,8-9,14H,4-5,7,10-13H2,1-3H3,(H2,18,19,20);1H. The fourth-order valence-corrected chi connectivity index (χ4v) is 1.87. The topological polar surface area (TPSA) is 64.1 Å². The van der Waals surface area contributed by atoms with Gasteiger partial charge in [-0.25, -0.2) is 0 Å². The molecule has 0 atom stereocenters. The van der Waals surface area contributed by atoms with Crippen LogP contribution in [0.4, 0.5) is 5.69 Å². The Labute approximate surface area is 162 Å². The van der Waals surface area contributed by atoms with Gasteiger partial charge in [-0.05, 0) is 26.0 Å². The number of halogens is 1. The molecule has 1 aromatic rings. The van der Waals surface area contributed by atoms with E-state index in [1.165, 1.54) is 0 Å². The maximum absolute atomic E-state index is 5.70. The van der Waals surface area contributed by atoms with Crippen molar-refractivity contribution in [3.05, 3.63) is 24.3 Å². The number of nitrogens with zero attached hydrogens (tertiary/aromatic N) is 1. The summed E-state index contributed by atoms with van der Waals surface area (Å²) in [5.41, 5.74) is 0.936. The molecule has 0 spiro atoms. The highest BCUT2D eigenvalue weighted by Gasteiger charge is 2.01. The van der Waals surface area contributed by atoms with Gasteiger partial charge in [0.1, 0.15) is 5.75 Å². The number of anilines is 1. The Morgan fingerprint density at radius 1 is 1.17 bits per heavy atom. The van der Waals surface area contributed by atoms with Gasteiger partial charge in [0.25, 0.3) is 0 Å². The second-order valence-corrected chi connectivity index (χ2v) is 4.81. The van der Waals surface area contributed by atoms with Crippen LogP contribution in [0.15, 0.2) is 29.3 Å². The normalized spacial score (nSPS) is 10.9. The first-order valence-corrected chi connectivity index (χ1v) is 8.15. The van der Waals surface area contributed by atoms with E-state index in [0.29, 0.717) is 33.0 Å². The summed E-state index contributed by atoms with van der Waals surface area (Å²) in [5.74, 6) is 1.57. The van der Waals surface area contributed by atoms with E-state index in [0.717, 1.165) is 30.4 Å². The van der Waals surface area contributed by atoms with Crippen molar-refractivity contribution >= 4 is 35.6 Å². The molecule has 0 aliphatic heterocycles. The highest BCUT2D eigenvalue weighted by molar-refractivity contribution is 14.0. The molecule has 0 aliphatic rings. The largest absolute Gasteiger partial charge is 0.493 e. The van der Waals surface area contributed by atoms with Crippen LogP contribution in [0.2, 0.25) is 0 Å². The molecule has 0 amide bonds. The molecule has 0 unspecified atom stereocenters. The minimum absolute atomic E-state index is 0. The van der Waals surface area contributed by atoms with Crippen molar-refractivity contribution in [3.63, 3.8) is 0 Å². The Morgan fingerprint density at radius 2 is 2.00 bits per heavy atom. The number of aliphatic imine (C=N–C) groups is 1. The average molecular weight is 451 g/mol. The molecule has 1 aromatic carbocycles. The molecule has 2 N–H and O–H groups in total. The molecule has 0 heterocycles. The minimum Gasteiger partial charge on any atom is -0.493 e. The predicted octanol–water partition coefficient (Wildman–Crippen LogP) is 3.13. The molecular formula is C17H30IN3O3. The van der Waals surface area contributed by atoms with Crippen LogP contribution in [-0.2, 0) is 9.47 Å². The predicted molar refractivity (Wildman–Crippen MR) is 110 cm³/mol. The fourth-order valence-electron chi connectivity index (χ4n) is 1.87. The summed E-state index contributed by atoms with van der Waals surface area (Å²) in [7, 11) is 1.69. The van der Waals surface area contributed by atoms with Crippen LogP contribution in [0, 0.1) is 0 Å². The summed E-state index contributed by atoms with van der Waals surface area (Å²) in [6.45, 7) is 8.11. The second kappa shape index (κ2) is 15.5. The van der Waals surface area contributed by atoms with Crippen LogP contribution in [0.3, 0.4) is 0 Å². The summed E-state index contributed by atoms with van der Waals surface area (Å²) < 4.78 is 16.0. The summed E-state index contributed by atoms with van der Waals surface area (Å²) >= 11 is 0. The Hall–Kier alpha value is -1.06. The number of rotatable bonds is 11. The van der Waals surface area contributed by atoms with Crippen molar-refractivity contribution in [2.24, 2.45) is 4.99 Å². The Morgan fingerprint density at radius 3 is 2.71 bits per heavy atom.